The van der Waals surface area contributed by atoms with Gasteiger partial charge in [-0.05, 0) is 26.9 Å². The number of aromatic nitrogens is 3. The van der Waals surface area contributed by atoms with E-state index in [0.717, 1.165) is 19.6 Å². The van der Waals surface area contributed by atoms with E-state index < -0.39 is 0 Å². The lowest BCUT2D eigenvalue weighted by molar-refractivity contribution is 0.293. The summed E-state index contributed by atoms with van der Waals surface area (Å²) < 4.78 is 5.24. The van der Waals surface area contributed by atoms with Crippen molar-refractivity contribution in [3.63, 3.8) is 0 Å². The monoisotopic (exact) mass is 268 g/mol. The molecule has 0 saturated heterocycles. The van der Waals surface area contributed by atoms with Crippen LogP contribution < -0.4 is 15.8 Å². The van der Waals surface area contributed by atoms with Crippen LogP contribution in [0.4, 0.5) is 11.9 Å². The first-order valence-corrected chi connectivity index (χ1v) is 6.72. The van der Waals surface area contributed by atoms with Crippen LogP contribution in [0.3, 0.4) is 0 Å². The normalized spacial score (nSPS) is 12.5. The maximum atomic E-state index is 5.63. The van der Waals surface area contributed by atoms with E-state index in [1.165, 1.54) is 0 Å². The van der Waals surface area contributed by atoms with Crippen LogP contribution in [0, 0.1) is 0 Å². The number of likely N-dealkylation sites (N-methyl/N-ethyl adjacent to an activating group) is 1. The molecule has 0 saturated carbocycles. The van der Waals surface area contributed by atoms with Crippen LogP contribution in [0.5, 0.6) is 6.01 Å². The van der Waals surface area contributed by atoms with Crippen LogP contribution in [0.25, 0.3) is 0 Å². The molecule has 0 aromatic carbocycles. The Hall–Kier alpha value is -1.63. The molecule has 0 radical (unpaired) electrons. The largest absolute Gasteiger partial charge is 0.464 e. The third kappa shape index (κ3) is 5.25. The topological polar surface area (TPSA) is 89.2 Å². The smallest absolute Gasteiger partial charge is 0.323 e. The van der Waals surface area contributed by atoms with E-state index in [-0.39, 0.29) is 18.0 Å². The Morgan fingerprint density at radius 2 is 1.89 bits per heavy atom. The molecular weight excluding hydrogens is 244 g/mol. The summed E-state index contributed by atoms with van der Waals surface area (Å²) >= 11 is 0. The fourth-order valence-electron chi connectivity index (χ4n) is 1.77. The van der Waals surface area contributed by atoms with Gasteiger partial charge in [-0.1, -0.05) is 13.8 Å². The summed E-state index contributed by atoms with van der Waals surface area (Å²) in [6, 6.07) is 0.476. The molecule has 1 rings (SSSR count). The Kier molecular flexibility index (Phi) is 6.27. The molecule has 0 amide bonds. The number of hydrogen-bond acceptors (Lipinski definition) is 7. The molecule has 0 fully saturated rings. The van der Waals surface area contributed by atoms with Gasteiger partial charge in [0.2, 0.25) is 11.9 Å². The highest BCUT2D eigenvalue weighted by Gasteiger charge is 2.10. The molecule has 1 aromatic heterocycles. The second-order valence-electron chi connectivity index (χ2n) is 4.26. The van der Waals surface area contributed by atoms with Crippen molar-refractivity contribution in [1.29, 1.82) is 0 Å². The first-order valence-electron chi connectivity index (χ1n) is 6.72. The maximum Gasteiger partial charge on any atom is 0.323 e. The molecule has 1 atom stereocenters. The van der Waals surface area contributed by atoms with Crippen molar-refractivity contribution in [2.75, 3.05) is 37.3 Å². The van der Waals surface area contributed by atoms with Crippen LogP contribution in [-0.2, 0) is 0 Å². The Balaban J connectivity index is 2.65. The molecular formula is C12H24N6O. The van der Waals surface area contributed by atoms with Gasteiger partial charge in [-0.15, -0.1) is 0 Å². The van der Waals surface area contributed by atoms with Crippen LogP contribution in [0.2, 0.25) is 0 Å². The minimum absolute atomic E-state index is 0.163. The van der Waals surface area contributed by atoms with E-state index in [4.69, 9.17) is 10.5 Å². The molecule has 0 aliphatic rings. The zero-order valence-corrected chi connectivity index (χ0v) is 12.2. The molecule has 7 heteroatoms. The highest BCUT2D eigenvalue weighted by atomic mass is 16.5. The zero-order valence-electron chi connectivity index (χ0n) is 12.2. The van der Waals surface area contributed by atoms with Crippen molar-refractivity contribution in [3.8, 4) is 6.01 Å². The van der Waals surface area contributed by atoms with Crippen LogP contribution in [-0.4, -0.2) is 52.1 Å². The molecule has 0 aliphatic carbocycles. The van der Waals surface area contributed by atoms with E-state index in [2.05, 4.69) is 45.9 Å². The van der Waals surface area contributed by atoms with E-state index in [1.54, 1.807) is 0 Å². The molecule has 1 unspecified atom stereocenters. The molecule has 7 nitrogen and oxygen atoms in total. The van der Waals surface area contributed by atoms with Gasteiger partial charge in [-0.2, -0.15) is 15.0 Å². The Morgan fingerprint density at radius 1 is 1.21 bits per heavy atom. The highest BCUT2D eigenvalue weighted by Crippen LogP contribution is 2.10. The molecule has 0 aliphatic heterocycles. The van der Waals surface area contributed by atoms with Gasteiger partial charge in [0.15, 0.2) is 0 Å². The van der Waals surface area contributed by atoms with E-state index in [1.807, 2.05) is 6.92 Å². The van der Waals surface area contributed by atoms with Crippen LogP contribution in [0.15, 0.2) is 0 Å². The average molecular weight is 268 g/mol. The summed E-state index contributed by atoms with van der Waals surface area (Å²) in [4.78, 5) is 14.5. The predicted molar refractivity (Wildman–Crippen MR) is 76.3 cm³/mol. The van der Waals surface area contributed by atoms with Crippen molar-refractivity contribution >= 4 is 11.9 Å². The van der Waals surface area contributed by atoms with Crippen molar-refractivity contribution in [2.45, 2.75) is 33.7 Å². The van der Waals surface area contributed by atoms with Crippen molar-refractivity contribution in [3.05, 3.63) is 0 Å². The summed E-state index contributed by atoms with van der Waals surface area (Å²) in [7, 11) is 0. The first-order chi connectivity index (χ1) is 9.08. The Labute approximate surface area is 114 Å². The molecule has 0 spiro atoms. The summed E-state index contributed by atoms with van der Waals surface area (Å²) in [5, 5.41) is 3.22. The number of nitrogen functional groups attached to an aromatic ring is 1. The second kappa shape index (κ2) is 7.73. The lowest BCUT2D eigenvalue weighted by Crippen LogP contribution is -2.35. The molecule has 3 N–H and O–H groups in total. The zero-order chi connectivity index (χ0) is 14.3. The number of nitrogens with zero attached hydrogens (tertiary/aromatic N) is 4. The molecule has 1 aromatic rings. The SMILES string of the molecule is CCOc1nc(N)nc(NC(C)CN(CC)CC)n1. The standard InChI is InChI=1S/C12H24N6O/c1-5-18(6-2)8-9(4)14-11-15-10(13)16-12(17-11)19-7-3/h9H,5-8H2,1-4H3,(H3,13,14,15,16,17). The number of anilines is 2. The van der Waals surface area contributed by atoms with Gasteiger partial charge < -0.3 is 20.7 Å². The highest BCUT2D eigenvalue weighted by molar-refractivity contribution is 5.33. The van der Waals surface area contributed by atoms with Gasteiger partial charge in [-0.25, -0.2) is 0 Å². The molecule has 108 valence electrons. The van der Waals surface area contributed by atoms with E-state index in [0.29, 0.717) is 12.6 Å². The van der Waals surface area contributed by atoms with E-state index >= 15 is 0 Å². The average Bonchev–Trinajstić information content (AvgIpc) is 2.35. The van der Waals surface area contributed by atoms with Gasteiger partial charge in [0.25, 0.3) is 0 Å². The first kappa shape index (κ1) is 15.4. The molecule has 1 heterocycles. The predicted octanol–water partition coefficient (Wildman–Crippen LogP) is 0.995. The van der Waals surface area contributed by atoms with Crippen LogP contribution >= 0.6 is 0 Å². The second-order valence-corrected chi connectivity index (χ2v) is 4.26. The van der Waals surface area contributed by atoms with Gasteiger partial charge in [-0.3, -0.25) is 0 Å². The lowest BCUT2D eigenvalue weighted by Gasteiger charge is -2.23. The summed E-state index contributed by atoms with van der Waals surface area (Å²) in [5.74, 6) is 0.617. The fraction of sp³-hybridized carbons (Fsp3) is 0.750. The minimum atomic E-state index is 0.163. The summed E-state index contributed by atoms with van der Waals surface area (Å²) in [6.45, 7) is 11.7. The Bertz CT molecular complexity index is 382. The molecule has 19 heavy (non-hydrogen) atoms. The lowest BCUT2D eigenvalue weighted by atomic mass is 10.3. The van der Waals surface area contributed by atoms with E-state index in [9.17, 15) is 0 Å². The number of ether oxygens (including phenoxy) is 1. The fourth-order valence-corrected chi connectivity index (χ4v) is 1.77. The number of nitrogens with two attached hydrogens (primary N) is 1. The maximum absolute atomic E-state index is 5.63. The minimum Gasteiger partial charge on any atom is -0.464 e. The number of hydrogen-bond donors (Lipinski definition) is 2. The van der Waals surface area contributed by atoms with Crippen molar-refractivity contribution < 1.29 is 4.74 Å². The third-order valence-electron chi connectivity index (χ3n) is 2.71. The van der Waals surface area contributed by atoms with Crippen LogP contribution in [0.1, 0.15) is 27.7 Å². The van der Waals surface area contributed by atoms with Gasteiger partial charge in [0.1, 0.15) is 0 Å². The summed E-state index contributed by atoms with van der Waals surface area (Å²) in [5.41, 5.74) is 5.63. The van der Waals surface area contributed by atoms with Crippen molar-refractivity contribution in [1.82, 2.24) is 19.9 Å². The summed E-state index contributed by atoms with van der Waals surface area (Å²) in [6.07, 6.45) is 0. The van der Waals surface area contributed by atoms with Gasteiger partial charge >= 0.3 is 6.01 Å². The van der Waals surface area contributed by atoms with Gasteiger partial charge in [0.05, 0.1) is 6.61 Å². The molecule has 0 bridgehead atoms. The van der Waals surface area contributed by atoms with Crippen molar-refractivity contribution in [2.24, 2.45) is 0 Å². The van der Waals surface area contributed by atoms with Gasteiger partial charge in [0, 0.05) is 12.6 Å². The Morgan fingerprint density at radius 3 is 2.47 bits per heavy atom. The number of nitrogens with one attached hydrogen (secondary N) is 1. The number of rotatable bonds is 8. The third-order valence-corrected chi connectivity index (χ3v) is 2.71. The quantitative estimate of drug-likeness (QED) is 0.726.